The van der Waals surface area contributed by atoms with E-state index in [1.54, 1.807) is 11.8 Å². The van der Waals surface area contributed by atoms with Crippen LogP contribution in [0.25, 0.3) is 0 Å². The van der Waals surface area contributed by atoms with Gasteiger partial charge in [-0.3, -0.25) is 0 Å². The molecule has 0 unspecified atom stereocenters. The van der Waals surface area contributed by atoms with Gasteiger partial charge in [0.05, 0.1) is 10.5 Å². The van der Waals surface area contributed by atoms with Crippen molar-refractivity contribution in [3.8, 4) is 0 Å². The van der Waals surface area contributed by atoms with Crippen LogP contribution < -0.4 is 0 Å². The number of carboxylic acids is 1. The summed E-state index contributed by atoms with van der Waals surface area (Å²) in [4.78, 5) is 10.7. The molecule has 8 heteroatoms. The van der Waals surface area contributed by atoms with Gasteiger partial charge in [0.25, 0.3) is 0 Å². The fourth-order valence-corrected chi connectivity index (χ4v) is 5.31. The Kier molecular flexibility index (Phi) is 4.32. The average molecular weight is 333 g/mol. The van der Waals surface area contributed by atoms with Crippen molar-refractivity contribution >= 4 is 27.8 Å². The van der Waals surface area contributed by atoms with Crippen molar-refractivity contribution in [2.75, 3.05) is 18.8 Å². The maximum Gasteiger partial charge on any atom is 0.337 e. The van der Waals surface area contributed by atoms with Gasteiger partial charge < -0.3 is 5.11 Å². The number of thioether (sulfide) groups is 1. The third-order valence-electron chi connectivity index (χ3n) is 3.18. The Morgan fingerprint density at radius 1 is 1.43 bits per heavy atom. The van der Waals surface area contributed by atoms with Crippen LogP contribution in [0, 0.1) is 5.82 Å². The highest BCUT2D eigenvalue weighted by atomic mass is 32.2. The van der Waals surface area contributed by atoms with Crippen LogP contribution in [0.2, 0.25) is 0 Å². The van der Waals surface area contributed by atoms with Gasteiger partial charge in [-0.25, -0.2) is 17.6 Å². The molecule has 1 saturated heterocycles. The number of carbonyl (C=O) groups is 1. The van der Waals surface area contributed by atoms with E-state index in [0.717, 1.165) is 18.2 Å². The third kappa shape index (κ3) is 3.38. The largest absolute Gasteiger partial charge is 0.478 e. The molecule has 1 heterocycles. The summed E-state index contributed by atoms with van der Waals surface area (Å²) in [5, 5.41) is 9.11. The minimum Gasteiger partial charge on any atom is -0.478 e. The van der Waals surface area contributed by atoms with E-state index in [-0.39, 0.29) is 17.8 Å². The van der Waals surface area contributed by atoms with E-state index in [0.29, 0.717) is 5.75 Å². The molecule has 116 valence electrons. The molecule has 1 aliphatic heterocycles. The fraction of sp³-hybridized carbons (Fsp3) is 0.462. The first-order valence-corrected chi connectivity index (χ1v) is 8.73. The summed E-state index contributed by atoms with van der Waals surface area (Å²) in [7, 11) is -4.03. The second-order valence-electron chi connectivity index (χ2n) is 5.39. The van der Waals surface area contributed by atoms with Crippen LogP contribution in [0.15, 0.2) is 23.1 Å². The van der Waals surface area contributed by atoms with E-state index in [9.17, 15) is 17.6 Å². The molecule has 1 aliphatic rings. The molecule has 21 heavy (non-hydrogen) atoms. The molecule has 5 nitrogen and oxygen atoms in total. The topological polar surface area (TPSA) is 74.7 Å². The van der Waals surface area contributed by atoms with Crippen molar-refractivity contribution in [3.05, 3.63) is 29.6 Å². The summed E-state index contributed by atoms with van der Waals surface area (Å²) in [6, 6.07) is 2.69. The number of hydrogen-bond acceptors (Lipinski definition) is 4. The van der Waals surface area contributed by atoms with Gasteiger partial charge in [-0.2, -0.15) is 16.1 Å². The van der Waals surface area contributed by atoms with Crippen LogP contribution >= 0.6 is 11.8 Å². The highest BCUT2D eigenvalue weighted by Crippen LogP contribution is 2.33. The van der Waals surface area contributed by atoms with Crippen molar-refractivity contribution in [1.82, 2.24) is 4.31 Å². The minimum atomic E-state index is -4.03. The Morgan fingerprint density at radius 3 is 2.67 bits per heavy atom. The predicted molar refractivity (Wildman–Crippen MR) is 78.7 cm³/mol. The average Bonchev–Trinajstić information content (AvgIpc) is 2.37. The van der Waals surface area contributed by atoms with Crippen molar-refractivity contribution < 1.29 is 22.7 Å². The SMILES string of the molecule is CC1(C)CN(S(=O)(=O)c2cc(F)ccc2C(=O)O)CCS1. The highest BCUT2D eigenvalue weighted by Gasteiger charge is 2.36. The van der Waals surface area contributed by atoms with E-state index in [2.05, 4.69) is 0 Å². The molecule has 0 atom stereocenters. The van der Waals surface area contributed by atoms with E-state index >= 15 is 0 Å². The van der Waals surface area contributed by atoms with Gasteiger partial charge in [0.1, 0.15) is 5.82 Å². The van der Waals surface area contributed by atoms with Gasteiger partial charge in [0.2, 0.25) is 10.0 Å². The summed E-state index contributed by atoms with van der Waals surface area (Å²) < 4.78 is 39.6. The molecule has 1 fully saturated rings. The van der Waals surface area contributed by atoms with Gasteiger partial charge in [-0.1, -0.05) is 0 Å². The zero-order valence-electron chi connectivity index (χ0n) is 11.7. The number of carboxylic acid groups (broad SMARTS) is 1. The van der Waals surface area contributed by atoms with Crippen LogP contribution in [-0.2, 0) is 10.0 Å². The molecule has 1 aromatic rings. The summed E-state index contributed by atoms with van der Waals surface area (Å²) in [5.41, 5.74) is -0.410. The molecule has 0 aliphatic carbocycles. The number of halogens is 1. The smallest absolute Gasteiger partial charge is 0.337 e. The molecular weight excluding hydrogens is 317 g/mol. The molecule has 0 aromatic heterocycles. The predicted octanol–water partition coefficient (Wildman–Crippen LogP) is 2.04. The van der Waals surface area contributed by atoms with Crippen LogP contribution in [0.4, 0.5) is 4.39 Å². The van der Waals surface area contributed by atoms with Gasteiger partial charge in [-0.15, -0.1) is 0 Å². The van der Waals surface area contributed by atoms with Crippen molar-refractivity contribution in [2.45, 2.75) is 23.5 Å². The van der Waals surface area contributed by atoms with Crippen molar-refractivity contribution in [1.29, 1.82) is 0 Å². The first-order chi connectivity index (χ1) is 9.63. The molecule has 2 rings (SSSR count). The lowest BCUT2D eigenvalue weighted by atomic mass is 10.2. The van der Waals surface area contributed by atoms with Crippen molar-refractivity contribution in [2.24, 2.45) is 0 Å². The molecule has 1 aromatic carbocycles. The summed E-state index contributed by atoms with van der Waals surface area (Å²) in [6.45, 7) is 4.38. The molecule has 0 bridgehead atoms. The van der Waals surface area contributed by atoms with E-state index in [1.165, 1.54) is 4.31 Å². The maximum absolute atomic E-state index is 13.4. The second kappa shape index (κ2) is 5.58. The van der Waals surface area contributed by atoms with Crippen LogP contribution in [0.1, 0.15) is 24.2 Å². The van der Waals surface area contributed by atoms with E-state index in [4.69, 9.17) is 5.11 Å². The van der Waals surface area contributed by atoms with Gasteiger partial charge in [0.15, 0.2) is 0 Å². The van der Waals surface area contributed by atoms with Crippen LogP contribution in [-0.4, -0.2) is 47.4 Å². The standard InChI is InChI=1S/C13H16FNO4S2/c1-13(2)8-15(5-6-20-13)21(18,19)11-7-9(14)3-4-10(11)12(16)17/h3-4,7H,5-6,8H2,1-2H3,(H,16,17). The molecule has 0 saturated carbocycles. The van der Waals surface area contributed by atoms with Gasteiger partial charge in [-0.05, 0) is 32.0 Å². The minimum absolute atomic E-state index is 0.259. The highest BCUT2D eigenvalue weighted by molar-refractivity contribution is 8.00. The lowest BCUT2D eigenvalue weighted by molar-refractivity contribution is 0.0692. The first kappa shape index (κ1) is 16.3. The molecule has 1 N–H and O–H groups in total. The van der Waals surface area contributed by atoms with Crippen LogP contribution in [0.5, 0.6) is 0 Å². The fourth-order valence-electron chi connectivity index (χ4n) is 2.20. The Bertz CT molecular complexity index is 673. The maximum atomic E-state index is 13.4. The Labute approximate surface area is 127 Å². The summed E-state index contributed by atoms with van der Waals surface area (Å²) in [5.74, 6) is -1.55. The molecule has 0 radical (unpaired) electrons. The van der Waals surface area contributed by atoms with Gasteiger partial charge >= 0.3 is 5.97 Å². The monoisotopic (exact) mass is 333 g/mol. The Morgan fingerprint density at radius 2 is 2.10 bits per heavy atom. The number of hydrogen-bond donors (Lipinski definition) is 1. The zero-order chi connectivity index (χ0) is 15.8. The molecule has 0 spiro atoms. The van der Waals surface area contributed by atoms with E-state index in [1.807, 2.05) is 13.8 Å². The molecular formula is C13H16FNO4S2. The Hall–Kier alpha value is -1.12. The van der Waals surface area contributed by atoms with Crippen LogP contribution in [0.3, 0.4) is 0 Å². The first-order valence-electron chi connectivity index (χ1n) is 6.30. The summed E-state index contributed by atoms with van der Waals surface area (Å²) in [6.07, 6.45) is 0. The zero-order valence-corrected chi connectivity index (χ0v) is 13.3. The molecule has 0 amide bonds. The van der Waals surface area contributed by atoms with E-state index < -0.39 is 32.3 Å². The number of nitrogens with zero attached hydrogens (tertiary/aromatic N) is 1. The lowest BCUT2D eigenvalue weighted by Gasteiger charge is -2.36. The number of sulfonamides is 1. The normalized spacial score (nSPS) is 19.4. The van der Waals surface area contributed by atoms with Gasteiger partial charge in [0, 0.05) is 23.6 Å². The quantitative estimate of drug-likeness (QED) is 0.916. The lowest BCUT2D eigenvalue weighted by Crippen LogP contribution is -2.46. The Balaban J connectivity index is 2.49. The van der Waals surface area contributed by atoms with Crippen molar-refractivity contribution in [3.63, 3.8) is 0 Å². The number of rotatable bonds is 3. The third-order valence-corrected chi connectivity index (χ3v) is 6.36. The summed E-state index contributed by atoms with van der Waals surface area (Å²) >= 11 is 1.65. The number of benzene rings is 1. The second-order valence-corrected chi connectivity index (χ2v) is 9.10. The number of aromatic carboxylic acids is 1.